The van der Waals surface area contributed by atoms with Gasteiger partial charge in [-0.2, -0.15) is 0 Å². The Morgan fingerprint density at radius 3 is 2.56 bits per heavy atom. The largest absolute Gasteiger partial charge is 0.335 e. The van der Waals surface area contributed by atoms with Gasteiger partial charge in [0.05, 0.1) is 0 Å². The van der Waals surface area contributed by atoms with E-state index in [-0.39, 0.29) is 0 Å². The smallest absolute Gasteiger partial charge is 0.274 e. The van der Waals surface area contributed by atoms with Gasteiger partial charge in [0.1, 0.15) is 10.3 Å². The van der Waals surface area contributed by atoms with Gasteiger partial charge >= 0.3 is 0 Å². The lowest BCUT2D eigenvalue weighted by Gasteiger charge is -2.20. The van der Waals surface area contributed by atoms with Crippen LogP contribution in [0.5, 0.6) is 0 Å². The lowest BCUT2D eigenvalue weighted by atomic mass is 10.1. The summed E-state index contributed by atoms with van der Waals surface area (Å²) in [4.78, 5) is 18.9. The van der Waals surface area contributed by atoms with E-state index in [1.165, 1.54) is 5.56 Å². The molecule has 0 bridgehead atoms. The number of aromatic nitrogens is 1. The molecule has 8 heteroatoms. The number of nitro groups is 1. The molecule has 1 aromatic heterocycles. The van der Waals surface area contributed by atoms with Gasteiger partial charge in [-0.1, -0.05) is 48.0 Å². The zero-order valence-electron chi connectivity index (χ0n) is 13.6. The van der Waals surface area contributed by atoms with E-state index < -0.39 is 5.03 Å². The lowest BCUT2D eigenvalue weighted by Crippen LogP contribution is -2.35. The Morgan fingerprint density at radius 1 is 1.12 bits per heavy atom. The van der Waals surface area contributed by atoms with E-state index in [2.05, 4.69) is 22.2 Å². The maximum absolute atomic E-state index is 11.0. The van der Waals surface area contributed by atoms with Crippen LogP contribution in [0, 0.1) is 10.1 Å². The van der Waals surface area contributed by atoms with Crippen LogP contribution in [0.15, 0.2) is 53.8 Å². The van der Waals surface area contributed by atoms with Gasteiger partial charge in [0.2, 0.25) is 0 Å². The molecule has 1 saturated heterocycles. The fourth-order valence-corrected chi connectivity index (χ4v) is 2.94. The van der Waals surface area contributed by atoms with Crippen molar-refractivity contribution in [3.05, 3.63) is 75.1 Å². The summed E-state index contributed by atoms with van der Waals surface area (Å²) in [6.07, 6.45) is 2.49. The Hall–Kier alpha value is -2.67. The van der Waals surface area contributed by atoms with E-state index in [0.717, 1.165) is 12.0 Å². The molecule has 2 aromatic rings. The number of guanidine groups is 1. The fraction of sp³-hybridized carbons (Fsp3) is 0.294. The Balaban J connectivity index is 1.69. The summed E-state index contributed by atoms with van der Waals surface area (Å²) in [7, 11) is 0. The van der Waals surface area contributed by atoms with E-state index in [0.29, 0.717) is 37.3 Å². The van der Waals surface area contributed by atoms with Crippen molar-refractivity contribution in [2.75, 3.05) is 19.6 Å². The minimum Gasteiger partial charge on any atom is -0.335 e. The molecule has 1 aliphatic heterocycles. The highest BCUT2D eigenvalue weighted by molar-refractivity contribution is 6.29. The Bertz CT molecular complexity index is 751. The Labute approximate surface area is 150 Å². The number of rotatable bonds is 6. The lowest BCUT2D eigenvalue weighted by molar-refractivity contribution is -0.486. The molecule has 130 valence electrons. The predicted octanol–water partition coefficient (Wildman–Crippen LogP) is 2.64. The van der Waals surface area contributed by atoms with Gasteiger partial charge in [-0.05, 0) is 23.6 Å². The molecule has 0 radical (unpaired) electrons. The molecule has 1 aliphatic rings. The van der Waals surface area contributed by atoms with Crippen LogP contribution >= 0.6 is 11.6 Å². The van der Waals surface area contributed by atoms with Crippen LogP contribution in [0.2, 0.25) is 5.15 Å². The average Bonchev–Trinajstić information content (AvgIpc) is 2.97. The number of hydrazone groups is 1. The SMILES string of the molecule is O=[N+]([O-])N=C1N(CCc2ccccc2)CCN1Cc1ccc(Cl)nc1. The van der Waals surface area contributed by atoms with Gasteiger partial charge in [-0.25, -0.2) is 15.1 Å². The maximum Gasteiger partial charge on any atom is 0.274 e. The van der Waals surface area contributed by atoms with Gasteiger partial charge in [-0.3, -0.25) is 0 Å². The number of halogens is 1. The normalized spacial score (nSPS) is 15.8. The molecule has 0 atom stereocenters. The highest BCUT2D eigenvalue weighted by Crippen LogP contribution is 2.15. The minimum absolute atomic E-state index is 0.399. The second-order valence-corrected chi connectivity index (χ2v) is 6.16. The van der Waals surface area contributed by atoms with Gasteiger partial charge in [0.25, 0.3) is 5.96 Å². The fourth-order valence-electron chi connectivity index (χ4n) is 2.83. The predicted molar refractivity (Wildman–Crippen MR) is 95.8 cm³/mol. The molecule has 0 saturated carbocycles. The molecular weight excluding hydrogens is 342 g/mol. The van der Waals surface area contributed by atoms with E-state index in [1.54, 1.807) is 12.3 Å². The molecule has 0 spiro atoms. The first-order valence-corrected chi connectivity index (χ1v) is 8.37. The van der Waals surface area contributed by atoms with Crippen molar-refractivity contribution in [1.29, 1.82) is 0 Å². The first-order chi connectivity index (χ1) is 12.1. The molecule has 25 heavy (non-hydrogen) atoms. The first kappa shape index (κ1) is 17.2. The number of benzene rings is 1. The minimum atomic E-state index is -0.636. The Morgan fingerprint density at radius 2 is 1.88 bits per heavy atom. The van der Waals surface area contributed by atoms with Crippen molar-refractivity contribution in [2.24, 2.45) is 5.10 Å². The van der Waals surface area contributed by atoms with Crippen molar-refractivity contribution in [2.45, 2.75) is 13.0 Å². The average molecular weight is 360 g/mol. The summed E-state index contributed by atoms with van der Waals surface area (Å²) in [5, 5.41) is 14.4. The van der Waals surface area contributed by atoms with Crippen LogP contribution < -0.4 is 0 Å². The molecule has 3 rings (SSSR count). The third-order valence-corrected chi connectivity index (χ3v) is 4.28. The molecule has 0 aliphatic carbocycles. The number of nitrogens with zero attached hydrogens (tertiary/aromatic N) is 5. The van der Waals surface area contributed by atoms with Crippen LogP contribution in [0.4, 0.5) is 0 Å². The zero-order chi connectivity index (χ0) is 17.6. The topological polar surface area (TPSA) is 74.9 Å². The molecule has 7 nitrogen and oxygen atoms in total. The van der Waals surface area contributed by atoms with Crippen molar-refractivity contribution < 1.29 is 5.03 Å². The highest BCUT2D eigenvalue weighted by atomic mass is 35.5. The first-order valence-electron chi connectivity index (χ1n) is 7.99. The van der Waals surface area contributed by atoms with E-state index in [1.807, 2.05) is 34.1 Å². The molecule has 1 fully saturated rings. The van der Waals surface area contributed by atoms with Gasteiger partial charge in [-0.15, -0.1) is 0 Å². The van der Waals surface area contributed by atoms with Crippen LogP contribution in [0.1, 0.15) is 11.1 Å². The van der Waals surface area contributed by atoms with E-state index >= 15 is 0 Å². The standard InChI is InChI=1S/C17H18ClN5O2/c18-16-7-6-15(12-19-16)13-22-11-10-21(17(22)20-23(24)25)9-8-14-4-2-1-3-5-14/h1-7,12H,8-11,13H2. The van der Waals surface area contributed by atoms with Crippen LogP contribution in [-0.2, 0) is 13.0 Å². The van der Waals surface area contributed by atoms with E-state index in [4.69, 9.17) is 11.6 Å². The maximum atomic E-state index is 11.0. The van der Waals surface area contributed by atoms with Gasteiger partial charge in [0, 0.05) is 32.4 Å². The van der Waals surface area contributed by atoms with Gasteiger partial charge in [0.15, 0.2) is 5.03 Å². The Kier molecular flexibility index (Phi) is 5.45. The van der Waals surface area contributed by atoms with Crippen LogP contribution in [0.25, 0.3) is 0 Å². The van der Waals surface area contributed by atoms with Crippen molar-refractivity contribution in [3.63, 3.8) is 0 Å². The highest BCUT2D eigenvalue weighted by Gasteiger charge is 2.29. The quantitative estimate of drug-likeness (QED) is 0.450. The molecular formula is C17H18ClN5O2. The molecule has 2 heterocycles. The summed E-state index contributed by atoms with van der Waals surface area (Å²) in [6, 6.07) is 13.6. The second-order valence-electron chi connectivity index (χ2n) is 5.77. The van der Waals surface area contributed by atoms with Gasteiger partial charge < -0.3 is 9.80 Å². The summed E-state index contributed by atoms with van der Waals surface area (Å²) in [5.74, 6) is 0.399. The third-order valence-electron chi connectivity index (χ3n) is 4.05. The van der Waals surface area contributed by atoms with Crippen molar-refractivity contribution >= 4 is 17.6 Å². The summed E-state index contributed by atoms with van der Waals surface area (Å²) in [5.41, 5.74) is 2.13. The number of hydrogen-bond acceptors (Lipinski definition) is 3. The van der Waals surface area contributed by atoms with E-state index in [9.17, 15) is 10.1 Å². The summed E-state index contributed by atoms with van der Waals surface area (Å²) >= 11 is 5.80. The number of pyridine rings is 1. The summed E-state index contributed by atoms with van der Waals surface area (Å²) in [6.45, 7) is 2.59. The molecule has 0 amide bonds. The zero-order valence-corrected chi connectivity index (χ0v) is 14.3. The monoisotopic (exact) mass is 359 g/mol. The summed E-state index contributed by atoms with van der Waals surface area (Å²) < 4.78 is 0. The van der Waals surface area contributed by atoms with Crippen LogP contribution in [0.3, 0.4) is 0 Å². The molecule has 1 aromatic carbocycles. The molecule has 0 N–H and O–H groups in total. The van der Waals surface area contributed by atoms with Crippen molar-refractivity contribution in [1.82, 2.24) is 14.8 Å². The second kappa shape index (κ2) is 7.94. The van der Waals surface area contributed by atoms with Crippen molar-refractivity contribution in [3.8, 4) is 0 Å². The number of hydrogen-bond donors (Lipinski definition) is 0. The molecule has 0 unspecified atom stereocenters. The van der Waals surface area contributed by atoms with Crippen LogP contribution in [-0.4, -0.2) is 45.4 Å². The third kappa shape index (κ3) is 4.67.